The Labute approximate surface area is 98.6 Å². The molecule has 0 fully saturated rings. The smallest absolute Gasteiger partial charge is 0.358 e. The van der Waals surface area contributed by atoms with Crippen molar-refractivity contribution in [1.82, 2.24) is 9.78 Å². The Morgan fingerprint density at radius 3 is 2.19 bits per heavy atom. The molecule has 1 aromatic rings. The van der Waals surface area contributed by atoms with Gasteiger partial charge in [-0.3, -0.25) is 4.68 Å². The summed E-state index contributed by atoms with van der Waals surface area (Å²) in [6.07, 6.45) is 0. The number of carbonyl (C=O) groups excluding carboxylic acids is 1. The molecule has 4 nitrogen and oxygen atoms in total. The summed E-state index contributed by atoms with van der Waals surface area (Å²) in [5.41, 5.74) is 1.34. The molecule has 0 saturated heterocycles. The molecule has 0 aromatic carbocycles. The number of aryl methyl sites for hydroxylation is 2. The second kappa shape index (κ2) is 10.2. The van der Waals surface area contributed by atoms with E-state index in [1.165, 1.54) is 7.11 Å². The lowest BCUT2D eigenvalue weighted by Crippen LogP contribution is -2.04. The van der Waals surface area contributed by atoms with E-state index >= 15 is 0 Å². The Bertz CT molecular complexity index is 293. The summed E-state index contributed by atoms with van der Waals surface area (Å²) in [6.45, 7) is 12.6. The Morgan fingerprint density at radius 1 is 1.38 bits per heavy atom. The molecule has 0 aliphatic rings. The van der Waals surface area contributed by atoms with E-state index in [9.17, 15) is 4.79 Å². The monoisotopic (exact) mass is 228 g/mol. The molecular weight excluding hydrogens is 204 g/mol. The summed E-state index contributed by atoms with van der Waals surface area (Å²) in [5, 5.41) is 4.04. The summed E-state index contributed by atoms with van der Waals surface area (Å²) >= 11 is 0. The van der Waals surface area contributed by atoms with Crippen molar-refractivity contribution < 1.29 is 9.53 Å². The standard InChI is InChI=1S/C8H12N2O2.2C2H6/c1-4-10-6(2)5-7(9-10)8(11)12-3;2*1-2/h5H,4H2,1-3H3;2*1-2H3. The maximum absolute atomic E-state index is 11.0. The first kappa shape index (κ1) is 17.1. The van der Waals surface area contributed by atoms with E-state index in [4.69, 9.17) is 0 Å². The Morgan fingerprint density at radius 2 is 1.88 bits per heavy atom. The molecule has 0 saturated carbocycles. The number of hydrogen-bond acceptors (Lipinski definition) is 3. The van der Waals surface area contributed by atoms with Gasteiger partial charge in [-0.15, -0.1) is 0 Å². The molecule has 1 heterocycles. The van der Waals surface area contributed by atoms with Gasteiger partial charge in [0, 0.05) is 12.2 Å². The zero-order valence-corrected chi connectivity index (χ0v) is 11.5. The molecule has 0 N–H and O–H groups in total. The quantitative estimate of drug-likeness (QED) is 0.731. The first-order chi connectivity index (χ1) is 7.69. The number of ether oxygens (including phenoxy) is 1. The van der Waals surface area contributed by atoms with Crippen LogP contribution in [0.25, 0.3) is 0 Å². The van der Waals surface area contributed by atoms with E-state index < -0.39 is 0 Å². The van der Waals surface area contributed by atoms with Gasteiger partial charge in [-0.2, -0.15) is 5.10 Å². The second-order valence-electron chi connectivity index (χ2n) is 2.48. The Hall–Kier alpha value is -1.32. The maximum atomic E-state index is 11.0. The number of rotatable bonds is 2. The fraction of sp³-hybridized carbons (Fsp3) is 0.667. The minimum atomic E-state index is -0.384. The molecule has 94 valence electrons. The third-order valence-corrected chi connectivity index (χ3v) is 1.68. The molecule has 1 aromatic heterocycles. The van der Waals surface area contributed by atoms with Gasteiger partial charge < -0.3 is 4.74 Å². The van der Waals surface area contributed by atoms with Crippen LogP contribution < -0.4 is 0 Å². The van der Waals surface area contributed by atoms with Gasteiger partial charge in [-0.05, 0) is 19.9 Å². The predicted octanol–water partition coefficient (Wildman–Crippen LogP) is 3.05. The summed E-state index contributed by atoms with van der Waals surface area (Å²) in [4.78, 5) is 11.0. The molecule has 0 aliphatic carbocycles. The molecule has 0 amide bonds. The van der Waals surface area contributed by atoms with Gasteiger partial charge in [-0.1, -0.05) is 27.7 Å². The molecule has 0 bridgehead atoms. The highest BCUT2D eigenvalue weighted by molar-refractivity contribution is 5.87. The van der Waals surface area contributed by atoms with Crippen LogP contribution in [-0.4, -0.2) is 22.9 Å². The van der Waals surface area contributed by atoms with Crippen LogP contribution in [-0.2, 0) is 11.3 Å². The zero-order chi connectivity index (χ0) is 13.1. The van der Waals surface area contributed by atoms with Crippen molar-refractivity contribution >= 4 is 5.97 Å². The van der Waals surface area contributed by atoms with E-state index in [2.05, 4.69) is 9.84 Å². The van der Waals surface area contributed by atoms with Crippen LogP contribution in [0.2, 0.25) is 0 Å². The Kier molecular flexibility index (Phi) is 10.9. The average molecular weight is 228 g/mol. The summed E-state index contributed by atoms with van der Waals surface area (Å²) in [6, 6.07) is 1.72. The normalized spacial score (nSPS) is 8.19. The molecule has 0 aliphatic heterocycles. The number of hydrogen-bond donors (Lipinski definition) is 0. The highest BCUT2D eigenvalue weighted by atomic mass is 16.5. The van der Waals surface area contributed by atoms with Crippen LogP contribution in [0.15, 0.2) is 6.07 Å². The van der Waals surface area contributed by atoms with E-state index in [-0.39, 0.29) is 5.97 Å². The molecule has 0 radical (unpaired) electrons. The minimum absolute atomic E-state index is 0.372. The number of nitrogens with zero attached hydrogens (tertiary/aromatic N) is 2. The van der Waals surface area contributed by atoms with Gasteiger partial charge in [-0.25, -0.2) is 4.79 Å². The van der Waals surface area contributed by atoms with Crippen molar-refractivity contribution in [2.45, 2.75) is 48.1 Å². The first-order valence-corrected chi connectivity index (χ1v) is 5.81. The van der Waals surface area contributed by atoms with Gasteiger partial charge in [0.1, 0.15) is 0 Å². The van der Waals surface area contributed by atoms with Crippen LogP contribution in [0.1, 0.15) is 50.8 Å². The van der Waals surface area contributed by atoms with Gasteiger partial charge in [0.25, 0.3) is 0 Å². The average Bonchev–Trinajstić information content (AvgIpc) is 2.74. The number of carbonyl (C=O) groups is 1. The van der Waals surface area contributed by atoms with Crippen molar-refractivity contribution in [3.05, 3.63) is 17.5 Å². The number of methoxy groups -OCH3 is 1. The predicted molar refractivity (Wildman–Crippen MR) is 66.7 cm³/mol. The van der Waals surface area contributed by atoms with E-state index in [0.29, 0.717) is 5.69 Å². The van der Waals surface area contributed by atoms with Crippen LogP contribution in [0.5, 0.6) is 0 Å². The van der Waals surface area contributed by atoms with Crippen molar-refractivity contribution in [1.29, 1.82) is 0 Å². The fourth-order valence-electron chi connectivity index (χ4n) is 1.03. The molecule has 0 atom stereocenters. The summed E-state index contributed by atoms with van der Waals surface area (Å²) < 4.78 is 6.29. The highest BCUT2D eigenvalue weighted by Crippen LogP contribution is 2.03. The lowest BCUT2D eigenvalue weighted by atomic mass is 10.4. The number of aromatic nitrogens is 2. The largest absolute Gasteiger partial charge is 0.464 e. The topological polar surface area (TPSA) is 44.1 Å². The number of esters is 1. The highest BCUT2D eigenvalue weighted by Gasteiger charge is 2.10. The lowest BCUT2D eigenvalue weighted by molar-refractivity contribution is 0.0593. The molecule has 4 heteroatoms. The van der Waals surface area contributed by atoms with Crippen LogP contribution >= 0.6 is 0 Å². The Balaban J connectivity index is 0. The van der Waals surface area contributed by atoms with Gasteiger partial charge in [0.15, 0.2) is 5.69 Å². The molecule has 0 spiro atoms. The molecular formula is C12H24N2O2. The van der Waals surface area contributed by atoms with Gasteiger partial charge in [0.05, 0.1) is 7.11 Å². The van der Waals surface area contributed by atoms with Crippen molar-refractivity contribution in [2.75, 3.05) is 7.11 Å². The second-order valence-corrected chi connectivity index (χ2v) is 2.48. The third-order valence-electron chi connectivity index (χ3n) is 1.68. The minimum Gasteiger partial charge on any atom is -0.464 e. The van der Waals surface area contributed by atoms with Crippen LogP contribution in [0, 0.1) is 6.92 Å². The summed E-state index contributed by atoms with van der Waals surface area (Å²) in [5.74, 6) is -0.384. The molecule has 1 rings (SSSR count). The SMILES string of the molecule is CC.CC.CCn1nc(C(=O)OC)cc1C. The lowest BCUT2D eigenvalue weighted by Gasteiger charge is -1.96. The van der Waals surface area contributed by atoms with Crippen LogP contribution in [0.4, 0.5) is 0 Å². The van der Waals surface area contributed by atoms with E-state index in [1.807, 2.05) is 41.5 Å². The van der Waals surface area contributed by atoms with Gasteiger partial charge >= 0.3 is 5.97 Å². The van der Waals surface area contributed by atoms with Crippen LogP contribution in [0.3, 0.4) is 0 Å². The van der Waals surface area contributed by atoms with Crippen molar-refractivity contribution in [3.8, 4) is 0 Å². The molecule has 0 unspecified atom stereocenters. The fourth-order valence-corrected chi connectivity index (χ4v) is 1.03. The molecule has 16 heavy (non-hydrogen) atoms. The summed E-state index contributed by atoms with van der Waals surface area (Å²) in [7, 11) is 1.35. The van der Waals surface area contributed by atoms with Crippen molar-refractivity contribution in [2.24, 2.45) is 0 Å². The maximum Gasteiger partial charge on any atom is 0.358 e. The van der Waals surface area contributed by atoms with E-state index in [0.717, 1.165) is 12.2 Å². The van der Waals surface area contributed by atoms with Crippen molar-refractivity contribution in [3.63, 3.8) is 0 Å². The van der Waals surface area contributed by atoms with Gasteiger partial charge in [0.2, 0.25) is 0 Å². The third kappa shape index (κ3) is 4.96. The zero-order valence-electron chi connectivity index (χ0n) is 11.5. The van der Waals surface area contributed by atoms with E-state index in [1.54, 1.807) is 10.7 Å². The first-order valence-electron chi connectivity index (χ1n) is 5.81.